The molecule has 1 aromatic rings. The Hall–Kier alpha value is -0.870. The summed E-state index contributed by atoms with van der Waals surface area (Å²) in [5, 5.41) is 1.97. The van der Waals surface area contributed by atoms with Crippen molar-refractivity contribution in [2.24, 2.45) is 0 Å². The molecule has 1 aromatic heterocycles. The number of hydrogen-bond acceptors (Lipinski definition) is 2. The lowest BCUT2D eigenvalue weighted by Crippen LogP contribution is -3.17. The first-order chi connectivity index (χ1) is 8.22. The predicted octanol–water partition coefficient (Wildman–Crippen LogP) is 0.887. The van der Waals surface area contributed by atoms with Crippen LogP contribution in [0.1, 0.15) is 29.9 Å². The first-order valence-corrected chi connectivity index (χ1v) is 7.27. The molecule has 1 aliphatic heterocycles. The second kappa shape index (κ2) is 5.65. The molecule has 2 heterocycles. The van der Waals surface area contributed by atoms with E-state index in [0.717, 1.165) is 31.1 Å². The molecule has 0 spiro atoms. The highest BCUT2D eigenvalue weighted by atomic mass is 32.1. The van der Waals surface area contributed by atoms with Crippen LogP contribution in [0.5, 0.6) is 0 Å². The van der Waals surface area contributed by atoms with Crippen molar-refractivity contribution in [1.82, 2.24) is 4.90 Å². The van der Waals surface area contributed by atoms with Crippen molar-refractivity contribution in [1.29, 1.82) is 0 Å². The Bertz CT molecular complexity index is 356. The zero-order valence-corrected chi connectivity index (χ0v) is 11.4. The summed E-state index contributed by atoms with van der Waals surface area (Å²) >= 11 is 1.54. The van der Waals surface area contributed by atoms with E-state index in [1.54, 1.807) is 4.90 Å². The van der Waals surface area contributed by atoms with E-state index in [-0.39, 0.29) is 5.91 Å². The Morgan fingerprint density at radius 3 is 2.76 bits per heavy atom. The van der Waals surface area contributed by atoms with E-state index in [1.807, 2.05) is 22.4 Å². The number of nitrogens with one attached hydrogen (secondary N) is 1. The standard InChI is InChI=1S/C13H20N2OS/c1-3-11(2)14-6-8-15(9-7-14)13(16)12-5-4-10-17-12/h4-5,10-11H,3,6-9H2,1-2H3/p+1/t11-/m1/s1. The maximum Gasteiger partial charge on any atom is 0.264 e. The van der Waals surface area contributed by atoms with Crippen molar-refractivity contribution < 1.29 is 9.69 Å². The molecule has 0 aliphatic carbocycles. The molecule has 0 bridgehead atoms. The number of nitrogens with zero attached hydrogens (tertiary/aromatic N) is 1. The maximum absolute atomic E-state index is 12.1. The van der Waals surface area contributed by atoms with Gasteiger partial charge in [-0.1, -0.05) is 13.0 Å². The van der Waals surface area contributed by atoms with Gasteiger partial charge in [-0.3, -0.25) is 4.79 Å². The second-order valence-corrected chi connectivity index (χ2v) is 5.68. The molecule has 0 saturated carbocycles. The Morgan fingerprint density at radius 1 is 1.53 bits per heavy atom. The van der Waals surface area contributed by atoms with Gasteiger partial charge in [-0.25, -0.2) is 0 Å². The zero-order valence-electron chi connectivity index (χ0n) is 10.6. The number of piperazine rings is 1. The Balaban J connectivity index is 1.89. The number of hydrogen-bond donors (Lipinski definition) is 1. The molecule has 1 saturated heterocycles. The van der Waals surface area contributed by atoms with Crippen LogP contribution in [0.3, 0.4) is 0 Å². The number of quaternary nitrogens is 1. The summed E-state index contributed by atoms with van der Waals surface area (Å²) in [5.41, 5.74) is 0. The molecular weight excluding hydrogens is 232 g/mol. The van der Waals surface area contributed by atoms with E-state index in [1.165, 1.54) is 17.8 Å². The van der Waals surface area contributed by atoms with Crippen LogP contribution in [0.4, 0.5) is 0 Å². The highest BCUT2D eigenvalue weighted by molar-refractivity contribution is 7.12. The molecule has 1 N–H and O–H groups in total. The largest absolute Gasteiger partial charge is 0.330 e. The first kappa shape index (κ1) is 12.6. The van der Waals surface area contributed by atoms with Crippen molar-refractivity contribution in [2.75, 3.05) is 26.2 Å². The topological polar surface area (TPSA) is 24.8 Å². The molecule has 1 atom stereocenters. The van der Waals surface area contributed by atoms with Gasteiger partial charge in [-0.2, -0.15) is 0 Å². The average Bonchev–Trinajstić information content (AvgIpc) is 2.91. The van der Waals surface area contributed by atoms with E-state index in [9.17, 15) is 4.79 Å². The van der Waals surface area contributed by atoms with E-state index in [0.29, 0.717) is 6.04 Å². The lowest BCUT2D eigenvalue weighted by atomic mass is 10.2. The van der Waals surface area contributed by atoms with Crippen LogP contribution in [0.2, 0.25) is 0 Å². The highest BCUT2D eigenvalue weighted by Gasteiger charge is 2.26. The quantitative estimate of drug-likeness (QED) is 0.850. The van der Waals surface area contributed by atoms with Gasteiger partial charge in [0.15, 0.2) is 0 Å². The van der Waals surface area contributed by atoms with Gasteiger partial charge in [0.05, 0.1) is 37.1 Å². The third-order valence-corrected chi connectivity index (χ3v) is 4.59. The summed E-state index contributed by atoms with van der Waals surface area (Å²) in [5.74, 6) is 0.211. The summed E-state index contributed by atoms with van der Waals surface area (Å²) < 4.78 is 0. The predicted molar refractivity (Wildman–Crippen MR) is 70.7 cm³/mol. The molecule has 3 nitrogen and oxygen atoms in total. The molecule has 0 aromatic carbocycles. The van der Waals surface area contributed by atoms with E-state index < -0.39 is 0 Å². The lowest BCUT2D eigenvalue weighted by molar-refractivity contribution is -0.927. The number of rotatable bonds is 3. The molecule has 0 unspecified atom stereocenters. The molecule has 0 radical (unpaired) electrons. The molecular formula is C13H21N2OS+. The van der Waals surface area contributed by atoms with Crippen LogP contribution in [0.15, 0.2) is 17.5 Å². The molecule has 17 heavy (non-hydrogen) atoms. The van der Waals surface area contributed by atoms with Crippen LogP contribution in [0, 0.1) is 0 Å². The van der Waals surface area contributed by atoms with Crippen LogP contribution < -0.4 is 4.90 Å². The van der Waals surface area contributed by atoms with Gasteiger partial charge in [0.25, 0.3) is 5.91 Å². The van der Waals surface area contributed by atoms with Crippen LogP contribution in [-0.4, -0.2) is 43.0 Å². The van der Waals surface area contributed by atoms with E-state index >= 15 is 0 Å². The maximum atomic E-state index is 12.1. The van der Waals surface area contributed by atoms with Crippen molar-refractivity contribution in [3.8, 4) is 0 Å². The van der Waals surface area contributed by atoms with Gasteiger partial charge in [-0.05, 0) is 24.8 Å². The third kappa shape index (κ3) is 2.87. The van der Waals surface area contributed by atoms with Gasteiger partial charge in [0, 0.05) is 0 Å². The Labute approximate surface area is 107 Å². The van der Waals surface area contributed by atoms with Gasteiger partial charge in [-0.15, -0.1) is 11.3 Å². The van der Waals surface area contributed by atoms with Crippen LogP contribution in [-0.2, 0) is 0 Å². The van der Waals surface area contributed by atoms with Gasteiger partial charge in [0.2, 0.25) is 0 Å². The van der Waals surface area contributed by atoms with E-state index in [4.69, 9.17) is 0 Å². The Morgan fingerprint density at radius 2 is 2.24 bits per heavy atom. The summed E-state index contributed by atoms with van der Waals surface area (Å²) in [7, 11) is 0. The molecule has 1 amide bonds. The fourth-order valence-electron chi connectivity index (χ4n) is 2.33. The average molecular weight is 253 g/mol. The SMILES string of the molecule is CC[C@@H](C)[NH+]1CCN(C(=O)c2cccs2)CC1. The summed E-state index contributed by atoms with van der Waals surface area (Å²) in [6.45, 7) is 8.51. The summed E-state index contributed by atoms with van der Waals surface area (Å²) in [6.07, 6.45) is 1.22. The first-order valence-electron chi connectivity index (χ1n) is 6.39. The summed E-state index contributed by atoms with van der Waals surface area (Å²) in [4.78, 5) is 16.6. The van der Waals surface area contributed by atoms with Crippen LogP contribution in [0.25, 0.3) is 0 Å². The highest BCUT2D eigenvalue weighted by Crippen LogP contribution is 2.11. The van der Waals surface area contributed by atoms with Crippen molar-refractivity contribution in [3.05, 3.63) is 22.4 Å². The van der Waals surface area contributed by atoms with Crippen molar-refractivity contribution in [3.63, 3.8) is 0 Å². The number of carbonyl (C=O) groups is 1. The number of carbonyl (C=O) groups excluding carboxylic acids is 1. The van der Waals surface area contributed by atoms with Gasteiger partial charge >= 0.3 is 0 Å². The molecule has 4 heteroatoms. The van der Waals surface area contributed by atoms with Crippen molar-refractivity contribution >= 4 is 17.2 Å². The molecule has 2 rings (SSSR count). The zero-order chi connectivity index (χ0) is 12.3. The lowest BCUT2D eigenvalue weighted by Gasteiger charge is -2.35. The molecule has 1 fully saturated rings. The Kier molecular flexibility index (Phi) is 4.18. The molecule has 1 aliphatic rings. The van der Waals surface area contributed by atoms with E-state index in [2.05, 4.69) is 13.8 Å². The smallest absolute Gasteiger partial charge is 0.264 e. The fraction of sp³-hybridized carbons (Fsp3) is 0.615. The number of amides is 1. The second-order valence-electron chi connectivity index (χ2n) is 4.74. The fourth-order valence-corrected chi connectivity index (χ4v) is 3.03. The summed E-state index contributed by atoms with van der Waals surface area (Å²) in [6, 6.07) is 4.58. The van der Waals surface area contributed by atoms with Crippen LogP contribution >= 0.6 is 11.3 Å². The minimum absolute atomic E-state index is 0.211. The van der Waals surface area contributed by atoms with Crippen molar-refractivity contribution in [2.45, 2.75) is 26.3 Å². The monoisotopic (exact) mass is 253 g/mol. The minimum atomic E-state index is 0.211. The molecule has 94 valence electrons. The normalized spacial score (nSPS) is 19.3. The number of thiophene rings is 1. The minimum Gasteiger partial charge on any atom is -0.330 e. The van der Waals surface area contributed by atoms with Gasteiger partial charge < -0.3 is 9.80 Å². The third-order valence-electron chi connectivity index (χ3n) is 3.73. The van der Waals surface area contributed by atoms with Gasteiger partial charge in [0.1, 0.15) is 0 Å².